The third-order valence-electron chi connectivity index (χ3n) is 4.16. The first-order valence-corrected chi connectivity index (χ1v) is 8.17. The van der Waals surface area contributed by atoms with E-state index in [9.17, 15) is 9.18 Å². The Balaban J connectivity index is 1.56. The van der Waals surface area contributed by atoms with E-state index in [1.54, 1.807) is 30.5 Å². The predicted molar refractivity (Wildman–Crippen MR) is 88.3 cm³/mol. The zero-order chi connectivity index (χ0) is 17.2. The van der Waals surface area contributed by atoms with Gasteiger partial charge in [0.25, 0.3) is 0 Å². The molecule has 7 heteroatoms. The van der Waals surface area contributed by atoms with Crippen molar-refractivity contribution >= 4 is 11.6 Å². The summed E-state index contributed by atoms with van der Waals surface area (Å²) >= 11 is 0. The predicted octanol–water partition coefficient (Wildman–Crippen LogP) is 3.12. The van der Waals surface area contributed by atoms with Crippen molar-refractivity contribution in [2.75, 3.05) is 4.90 Å². The number of amides is 1. The molecule has 0 aliphatic heterocycles. The average molecular weight is 340 g/mol. The number of anilines is 1. The van der Waals surface area contributed by atoms with Gasteiger partial charge in [0, 0.05) is 17.8 Å². The van der Waals surface area contributed by atoms with Gasteiger partial charge >= 0.3 is 0 Å². The zero-order valence-corrected chi connectivity index (χ0v) is 13.5. The smallest absolute Gasteiger partial charge is 0.249 e. The van der Waals surface area contributed by atoms with E-state index in [0.29, 0.717) is 17.4 Å². The van der Waals surface area contributed by atoms with Gasteiger partial charge in [0.2, 0.25) is 5.91 Å². The molecular formula is C18H17FN4O2. The third kappa shape index (κ3) is 3.60. The van der Waals surface area contributed by atoms with E-state index in [0.717, 1.165) is 18.5 Å². The minimum absolute atomic E-state index is 0.0386. The fraction of sp³-hybridized carbons (Fsp3) is 0.278. The molecule has 6 nitrogen and oxygen atoms in total. The monoisotopic (exact) mass is 340 g/mol. The number of furan rings is 1. The first-order chi connectivity index (χ1) is 12.2. The molecule has 1 aliphatic carbocycles. The Morgan fingerprint density at radius 2 is 2.20 bits per heavy atom. The Morgan fingerprint density at radius 1 is 1.32 bits per heavy atom. The van der Waals surface area contributed by atoms with Gasteiger partial charge in [0.05, 0.1) is 18.5 Å². The summed E-state index contributed by atoms with van der Waals surface area (Å²) in [6, 6.07) is 9.48. The Hall–Kier alpha value is -2.96. The van der Waals surface area contributed by atoms with Crippen molar-refractivity contribution in [1.29, 1.82) is 0 Å². The molecule has 1 saturated carbocycles. The lowest BCUT2D eigenvalue weighted by Gasteiger charge is -2.21. The van der Waals surface area contributed by atoms with Crippen molar-refractivity contribution in [3.63, 3.8) is 0 Å². The van der Waals surface area contributed by atoms with Crippen molar-refractivity contribution < 1.29 is 13.6 Å². The Bertz CT molecular complexity index is 871. The molecule has 3 aromatic rings. The van der Waals surface area contributed by atoms with E-state index in [1.807, 2.05) is 6.20 Å². The van der Waals surface area contributed by atoms with Crippen LogP contribution in [0.3, 0.4) is 0 Å². The Labute approximate surface area is 143 Å². The molecule has 0 bridgehead atoms. The van der Waals surface area contributed by atoms with E-state index < -0.39 is 5.82 Å². The maximum Gasteiger partial charge on any atom is 0.249 e. The number of halogens is 1. The van der Waals surface area contributed by atoms with Gasteiger partial charge in [0.15, 0.2) is 0 Å². The number of hydrogen-bond acceptors (Lipinski definition) is 4. The first-order valence-electron chi connectivity index (χ1n) is 8.17. The second-order valence-electron chi connectivity index (χ2n) is 6.15. The number of carbonyl (C=O) groups excluding carboxylic acids is 1. The van der Waals surface area contributed by atoms with Crippen LogP contribution < -0.4 is 4.90 Å². The molecule has 0 atom stereocenters. The molecule has 0 radical (unpaired) electrons. The molecule has 2 aromatic heterocycles. The molecule has 4 rings (SSSR count). The molecule has 0 N–H and O–H groups in total. The molecule has 1 aliphatic rings. The van der Waals surface area contributed by atoms with E-state index in [-0.39, 0.29) is 19.0 Å². The van der Waals surface area contributed by atoms with Crippen LogP contribution in [0.4, 0.5) is 10.1 Å². The summed E-state index contributed by atoms with van der Waals surface area (Å²) in [6.45, 7) is 0.260. The highest BCUT2D eigenvalue weighted by atomic mass is 19.1. The number of hydrogen-bond donors (Lipinski definition) is 0. The summed E-state index contributed by atoms with van der Waals surface area (Å²) in [6.07, 6.45) is 5.61. The van der Waals surface area contributed by atoms with E-state index >= 15 is 0 Å². The third-order valence-corrected chi connectivity index (χ3v) is 4.16. The Morgan fingerprint density at radius 3 is 2.92 bits per heavy atom. The van der Waals surface area contributed by atoms with Crippen molar-refractivity contribution in [3.8, 4) is 0 Å². The molecular weight excluding hydrogens is 323 g/mol. The summed E-state index contributed by atoms with van der Waals surface area (Å²) in [4.78, 5) is 14.3. The zero-order valence-electron chi connectivity index (χ0n) is 13.5. The summed E-state index contributed by atoms with van der Waals surface area (Å²) in [7, 11) is 0. The van der Waals surface area contributed by atoms with E-state index in [2.05, 4.69) is 10.3 Å². The highest BCUT2D eigenvalue weighted by Crippen LogP contribution is 2.38. The van der Waals surface area contributed by atoms with Crippen molar-refractivity contribution in [2.24, 2.45) is 0 Å². The van der Waals surface area contributed by atoms with Gasteiger partial charge in [-0.15, -0.1) is 5.10 Å². The Kier molecular flexibility index (Phi) is 4.05. The first kappa shape index (κ1) is 15.6. The van der Waals surface area contributed by atoms with Gasteiger partial charge in [-0.1, -0.05) is 11.3 Å². The molecule has 1 aromatic carbocycles. The van der Waals surface area contributed by atoms with Crippen LogP contribution in [-0.4, -0.2) is 20.9 Å². The van der Waals surface area contributed by atoms with Gasteiger partial charge in [-0.3, -0.25) is 4.79 Å². The standard InChI is InChI=1S/C18H17FN4O2/c19-14-3-1-4-15(9-14)23(10-16-5-2-8-25-16)18(24)12-22-11-17(20-21-22)13-6-7-13/h1-5,8-9,11,13H,6-7,10,12H2. The van der Waals surface area contributed by atoms with Crippen LogP contribution in [0, 0.1) is 5.82 Å². The van der Waals surface area contributed by atoms with Crippen LogP contribution in [0.1, 0.15) is 30.2 Å². The quantitative estimate of drug-likeness (QED) is 0.692. The number of carbonyl (C=O) groups is 1. The summed E-state index contributed by atoms with van der Waals surface area (Å²) in [5, 5.41) is 8.15. The van der Waals surface area contributed by atoms with Crippen molar-refractivity contribution in [3.05, 3.63) is 66.1 Å². The number of nitrogens with zero attached hydrogens (tertiary/aromatic N) is 4. The van der Waals surface area contributed by atoms with Gasteiger partial charge < -0.3 is 9.32 Å². The SMILES string of the molecule is O=C(Cn1cc(C2CC2)nn1)N(Cc1ccco1)c1cccc(F)c1. The van der Waals surface area contributed by atoms with Gasteiger partial charge in [-0.25, -0.2) is 9.07 Å². The second kappa shape index (κ2) is 6.51. The molecule has 1 amide bonds. The van der Waals surface area contributed by atoms with Crippen LogP contribution >= 0.6 is 0 Å². The number of benzene rings is 1. The highest BCUT2D eigenvalue weighted by molar-refractivity contribution is 5.93. The molecule has 0 saturated heterocycles. The van der Waals surface area contributed by atoms with Gasteiger partial charge in [0.1, 0.15) is 18.1 Å². The van der Waals surface area contributed by atoms with Crippen LogP contribution in [-0.2, 0) is 17.9 Å². The summed E-state index contributed by atoms with van der Waals surface area (Å²) in [5.74, 6) is 0.488. The maximum atomic E-state index is 13.6. The van der Waals surface area contributed by atoms with Crippen molar-refractivity contribution in [1.82, 2.24) is 15.0 Å². The van der Waals surface area contributed by atoms with Crippen LogP contribution in [0.15, 0.2) is 53.3 Å². The highest BCUT2D eigenvalue weighted by Gasteiger charge is 2.27. The van der Waals surface area contributed by atoms with Gasteiger partial charge in [-0.2, -0.15) is 0 Å². The lowest BCUT2D eigenvalue weighted by molar-refractivity contribution is -0.119. The van der Waals surface area contributed by atoms with Crippen LogP contribution in [0.25, 0.3) is 0 Å². The number of aromatic nitrogens is 3. The molecule has 0 spiro atoms. The molecule has 128 valence electrons. The van der Waals surface area contributed by atoms with Crippen LogP contribution in [0.5, 0.6) is 0 Å². The fourth-order valence-electron chi connectivity index (χ4n) is 2.71. The minimum Gasteiger partial charge on any atom is -0.467 e. The molecule has 0 unspecified atom stereocenters. The topological polar surface area (TPSA) is 64.2 Å². The largest absolute Gasteiger partial charge is 0.467 e. The normalized spacial score (nSPS) is 13.8. The van der Waals surface area contributed by atoms with Crippen molar-refractivity contribution in [2.45, 2.75) is 31.8 Å². The molecule has 2 heterocycles. The fourth-order valence-corrected chi connectivity index (χ4v) is 2.71. The van der Waals surface area contributed by atoms with E-state index in [4.69, 9.17) is 4.42 Å². The number of rotatable bonds is 6. The molecule has 25 heavy (non-hydrogen) atoms. The van der Waals surface area contributed by atoms with E-state index in [1.165, 1.54) is 21.7 Å². The van der Waals surface area contributed by atoms with Gasteiger partial charge in [-0.05, 0) is 43.2 Å². The lowest BCUT2D eigenvalue weighted by atomic mass is 10.2. The maximum absolute atomic E-state index is 13.6. The summed E-state index contributed by atoms with van der Waals surface area (Å²) in [5.41, 5.74) is 1.40. The minimum atomic E-state index is -0.397. The van der Waals surface area contributed by atoms with Crippen LogP contribution in [0.2, 0.25) is 0 Å². The molecule has 1 fully saturated rings. The average Bonchev–Trinajstić information content (AvgIpc) is 3.13. The lowest BCUT2D eigenvalue weighted by Crippen LogP contribution is -2.33. The second-order valence-corrected chi connectivity index (χ2v) is 6.15. The summed E-state index contributed by atoms with van der Waals surface area (Å²) < 4.78 is 20.5.